The van der Waals surface area contributed by atoms with Crippen LogP contribution in [0.25, 0.3) is 0 Å². The summed E-state index contributed by atoms with van der Waals surface area (Å²) in [6.07, 6.45) is 9.06. The van der Waals surface area contributed by atoms with Crippen LogP contribution in [0.5, 0.6) is 0 Å². The number of carbonyl (C=O) groups is 1. The summed E-state index contributed by atoms with van der Waals surface area (Å²) in [6.45, 7) is 3.95. The lowest BCUT2D eigenvalue weighted by atomic mass is 10.1. The number of hydrogen-bond acceptors (Lipinski definition) is 2. The second-order valence-electron chi connectivity index (χ2n) is 5.05. The van der Waals surface area contributed by atoms with Gasteiger partial charge in [-0.05, 0) is 25.9 Å². The van der Waals surface area contributed by atoms with E-state index in [0.29, 0.717) is 11.8 Å². The van der Waals surface area contributed by atoms with Gasteiger partial charge < -0.3 is 9.22 Å². The fourth-order valence-corrected chi connectivity index (χ4v) is 2.87. The molecule has 0 amide bonds. The molecule has 0 aromatic carbocycles. The van der Waals surface area contributed by atoms with Crippen molar-refractivity contribution in [2.75, 3.05) is 13.0 Å². The Labute approximate surface area is 112 Å². The zero-order valence-electron chi connectivity index (χ0n) is 11.6. The van der Waals surface area contributed by atoms with Crippen LogP contribution in [-0.4, -0.2) is 26.7 Å². The zero-order valence-corrected chi connectivity index (χ0v) is 13.3. The Kier molecular flexibility index (Phi) is 10.2. The first-order valence-corrected chi connectivity index (χ1v) is 10.1. The van der Waals surface area contributed by atoms with Gasteiger partial charge in [-0.25, -0.2) is 0 Å². The van der Waals surface area contributed by atoms with E-state index in [-0.39, 0.29) is 0 Å². The van der Waals surface area contributed by atoms with Crippen molar-refractivity contribution in [3.05, 3.63) is 0 Å². The van der Waals surface area contributed by atoms with Crippen molar-refractivity contribution in [3.8, 4) is 0 Å². The fraction of sp³-hybridized carbons (Fsp3) is 0.923. The van der Waals surface area contributed by atoms with Crippen LogP contribution in [0.1, 0.15) is 51.4 Å². The third-order valence-electron chi connectivity index (χ3n) is 3.22. The van der Waals surface area contributed by atoms with Gasteiger partial charge in [0, 0.05) is 19.4 Å². The molecule has 0 aromatic heterocycles. The van der Waals surface area contributed by atoms with E-state index in [9.17, 15) is 4.79 Å². The molecular weight excluding hydrogens is 252 g/mol. The molecule has 0 aliphatic heterocycles. The highest BCUT2D eigenvalue weighted by molar-refractivity contribution is 6.99. The van der Waals surface area contributed by atoms with E-state index in [2.05, 4.69) is 0 Å². The third-order valence-corrected chi connectivity index (χ3v) is 6.10. The number of rotatable bonds is 11. The van der Waals surface area contributed by atoms with E-state index >= 15 is 0 Å². The van der Waals surface area contributed by atoms with E-state index in [1.165, 1.54) is 32.1 Å². The van der Waals surface area contributed by atoms with Crippen molar-refractivity contribution in [2.24, 2.45) is 0 Å². The van der Waals surface area contributed by atoms with Gasteiger partial charge in [0.05, 0.1) is 0 Å². The molecule has 0 saturated carbocycles. The molecule has 0 radical (unpaired) electrons. The van der Waals surface area contributed by atoms with Gasteiger partial charge in [0.15, 0.2) is 0 Å². The van der Waals surface area contributed by atoms with Gasteiger partial charge in [0.25, 0.3) is 8.32 Å². The summed E-state index contributed by atoms with van der Waals surface area (Å²) >= 11 is 5.61. The van der Waals surface area contributed by atoms with Crippen LogP contribution in [0.4, 0.5) is 0 Å². The van der Waals surface area contributed by atoms with Crippen LogP contribution in [0, 0.1) is 0 Å². The van der Waals surface area contributed by atoms with Gasteiger partial charge in [-0.1, -0.05) is 32.1 Å². The first-order valence-electron chi connectivity index (χ1n) is 6.69. The Hall–Kier alpha value is 0.137. The average molecular weight is 279 g/mol. The van der Waals surface area contributed by atoms with Crippen LogP contribution in [0.2, 0.25) is 13.1 Å². The molecule has 0 bridgehead atoms. The summed E-state index contributed by atoms with van der Waals surface area (Å²) in [6, 6.07) is 0. The predicted molar refractivity (Wildman–Crippen MR) is 77.2 cm³/mol. The van der Waals surface area contributed by atoms with Crippen molar-refractivity contribution in [3.63, 3.8) is 0 Å². The molecule has 0 N–H and O–H groups in total. The SMILES string of the molecule is CO[Si](C)(C)C(=O)CCCCCCCCCCl. The number of alkyl halides is 1. The molecule has 0 fully saturated rings. The standard InChI is InChI=1S/C13H27ClO2Si/c1-16-17(2,3)13(15)11-9-7-5-4-6-8-10-12-14/h4-12H2,1-3H3. The van der Waals surface area contributed by atoms with Gasteiger partial charge in [0.2, 0.25) is 0 Å². The number of unbranched alkanes of at least 4 members (excludes halogenated alkanes) is 6. The Morgan fingerprint density at radius 3 is 1.94 bits per heavy atom. The summed E-state index contributed by atoms with van der Waals surface area (Å²) in [5.41, 5.74) is 0. The Balaban J connectivity index is 3.37. The lowest BCUT2D eigenvalue weighted by Crippen LogP contribution is -2.39. The van der Waals surface area contributed by atoms with Crippen LogP contribution >= 0.6 is 11.6 Å². The molecule has 0 spiro atoms. The summed E-state index contributed by atoms with van der Waals surface area (Å²) in [5.74, 6) is 0.783. The lowest BCUT2D eigenvalue weighted by molar-refractivity contribution is -0.113. The van der Waals surface area contributed by atoms with Crippen molar-refractivity contribution >= 4 is 25.3 Å². The molecule has 2 nitrogen and oxygen atoms in total. The van der Waals surface area contributed by atoms with Crippen molar-refractivity contribution in [1.29, 1.82) is 0 Å². The first-order chi connectivity index (χ1) is 8.04. The smallest absolute Gasteiger partial charge is 0.258 e. The molecule has 17 heavy (non-hydrogen) atoms. The molecular formula is C13H27ClO2Si. The van der Waals surface area contributed by atoms with Crippen LogP contribution in [-0.2, 0) is 9.22 Å². The molecule has 0 saturated heterocycles. The van der Waals surface area contributed by atoms with Crippen molar-refractivity contribution < 1.29 is 9.22 Å². The van der Waals surface area contributed by atoms with Gasteiger partial charge in [-0.15, -0.1) is 11.6 Å². The lowest BCUT2D eigenvalue weighted by Gasteiger charge is -2.17. The normalized spacial score (nSPS) is 11.8. The van der Waals surface area contributed by atoms with Gasteiger partial charge in [0.1, 0.15) is 5.41 Å². The molecule has 0 unspecified atom stereocenters. The quantitative estimate of drug-likeness (QED) is 0.320. The molecule has 4 heteroatoms. The topological polar surface area (TPSA) is 26.3 Å². The molecule has 102 valence electrons. The highest BCUT2D eigenvalue weighted by Gasteiger charge is 2.29. The third kappa shape index (κ3) is 8.81. The minimum absolute atomic E-state index is 0.349. The van der Waals surface area contributed by atoms with Crippen molar-refractivity contribution in [1.82, 2.24) is 0 Å². The van der Waals surface area contributed by atoms with Gasteiger partial charge in [-0.3, -0.25) is 0 Å². The fourth-order valence-electron chi connectivity index (χ4n) is 1.68. The van der Waals surface area contributed by atoms with Crippen LogP contribution < -0.4 is 0 Å². The highest BCUT2D eigenvalue weighted by atomic mass is 35.5. The number of hydrogen-bond donors (Lipinski definition) is 0. The van der Waals surface area contributed by atoms with Crippen LogP contribution in [0.15, 0.2) is 0 Å². The first kappa shape index (κ1) is 17.1. The largest absolute Gasteiger partial charge is 0.413 e. The molecule has 0 aromatic rings. The molecule has 0 atom stereocenters. The summed E-state index contributed by atoms with van der Waals surface area (Å²) in [5, 5.41) is 0.349. The van der Waals surface area contributed by atoms with Crippen molar-refractivity contribution in [2.45, 2.75) is 64.5 Å². The second-order valence-corrected chi connectivity index (χ2v) is 9.42. The zero-order chi connectivity index (χ0) is 13.1. The Morgan fingerprint density at radius 2 is 1.47 bits per heavy atom. The van der Waals surface area contributed by atoms with Gasteiger partial charge >= 0.3 is 0 Å². The predicted octanol–water partition coefficient (Wildman–Crippen LogP) is 4.31. The summed E-state index contributed by atoms with van der Waals surface area (Å²) in [4.78, 5) is 11.8. The maximum atomic E-state index is 11.8. The second kappa shape index (κ2) is 10.1. The van der Waals surface area contributed by atoms with E-state index < -0.39 is 8.32 Å². The minimum Gasteiger partial charge on any atom is -0.413 e. The van der Waals surface area contributed by atoms with Crippen LogP contribution in [0.3, 0.4) is 0 Å². The maximum Gasteiger partial charge on any atom is 0.258 e. The summed E-state index contributed by atoms with van der Waals surface area (Å²) < 4.78 is 5.30. The Morgan fingerprint density at radius 1 is 1.00 bits per heavy atom. The van der Waals surface area contributed by atoms with E-state index in [1.54, 1.807) is 7.11 Å². The molecule has 0 rings (SSSR count). The van der Waals surface area contributed by atoms with E-state index in [4.69, 9.17) is 16.0 Å². The monoisotopic (exact) mass is 278 g/mol. The summed E-state index contributed by atoms with van der Waals surface area (Å²) in [7, 11) is -0.367. The highest BCUT2D eigenvalue weighted by Crippen LogP contribution is 2.13. The molecule has 0 aliphatic rings. The van der Waals surface area contributed by atoms with E-state index in [1.807, 2.05) is 13.1 Å². The number of halogens is 1. The minimum atomic E-state index is -2.02. The average Bonchev–Trinajstić information content (AvgIpc) is 2.32. The molecule has 0 heterocycles. The number of carbonyl (C=O) groups excluding carboxylic acids is 1. The molecule has 0 aliphatic carbocycles. The van der Waals surface area contributed by atoms with Gasteiger partial charge in [-0.2, -0.15) is 0 Å². The Bertz CT molecular complexity index is 208. The van der Waals surface area contributed by atoms with E-state index in [0.717, 1.165) is 18.7 Å². The maximum absolute atomic E-state index is 11.8.